The van der Waals surface area contributed by atoms with Crippen LogP contribution in [0.4, 0.5) is 0 Å². The first kappa shape index (κ1) is 16.7. The summed E-state index contributed by atoms with van der Waals surface area (Å²) < 4.78 is 5.73. The highest BCUT2D eigenvalue weighted by Crippen LogP contribution is 2.36. The Morgan fingerprint density at radius 1 is 1.22 bits per heavy atom. The van der Waals surface area contributed by atoms with E-state index in [1.807, 2.05) is 24.3 Å². The van der Waals surface area contributed by atoms with E-state index in [0.717, 1.165) is 36.3 Å². The lowest BCUT2D eigenvalue weighted by molar-refractivity contribution is -0.133. The lowest BCUT2D eigenvalue weighted by Crippen LogP contribution is -2.40. The van der Waals surface area contributed by atoms with Crippen molar-refractivity contribution < 1.29 is 9.53 Å². The van der Waals surface area contributed by atoms with E-state index in [1.165, 1.54) is 12.8 Å². The molecule has 1 aromatic carbocycles. The minimum Gasteiger partial charge on any atom is -0.364 e. The molecule has 0 aromatic heterocycles. The third-order valence-electron chi connectivity index (χ3n) is 5.06. The molecular weight excluding hydrogens is 312 g/mol. The SMILES string of the molecule is NC[C@H]1CC[C@@H](C(=O)NC(c2ccc(Cl)cc2)C2CCCC2)O1. The summed E-state index contributed by atoms with van der Waals surface area (Å²) in [6.07, 6.45) is 6.07. The summed E-state index contributed by atoms with van der Waals surface area (Å²) in [7, 11) is 0. The maximum absolute atomic E-state index is 12.6. The van der Waals surface area contributed by atoms with Crippen molar-refractivity contribution in [2.45, 2.75) is 56.8 Å². The number of carbonyl (C=O) groups is 1. The number of rotatable bonds is 5. The van der Waals surface area contributed by atoms with Crippen molar-refractivity contribution >= 4 is 17.5 Å². The second kappa shape index (κ2) is 7.65. The fourth-order valence-corrected chi connectivity index (χ4v) is 3.88. The third-order valence-corrected chi connectivity index (χ3v) is 5.31. The highest BCUT2D eigenvalue weighted by Gasteiger charge is 2.34. The van der Waals surface area contributed by atoms with Gasteiger partial charge in [0.1, 0.15) is 6.10 Å². The van der Waals surface area contributed by atoms with Crippen LogP contribution in [0.25, 0.3) is 0 Å². The van der Waals surface area contributed by atoms with Gasteiger partial charge < -0.3 is 15.8 Å². The monoisotopic (exact) mass is 336 g/mol. The Bertz CT molecular complexity index is 528. The van der Waals surface area contributed by atoms with Gasteiger partial charge in [0, 0.05) is 11.6 Å². The molecule has 1 saturated carbocycles. The number of ether oxygens (including phenoxy) is 1. The minimum atomic E-state index is -0.361. The van der Waals surface area contributed by atoms with E-state index < -0.39 is 0 Å². The molecule has 3 N–H and O–H groups in total. The molecule has 1 aliphatic heterocycles. The first-order valence-corrected chi connectivity index (χ1v) is 8.96. The summed E-state index contributed by atoms with van der Waals surface area (Å²) in [4.78, 5) is 12.6. The zero-order valence-corrected chi connectivity index (χ0v) is 14.1. The molecule has 0 bridgehead atoms. The molecule has 3 atom stereocenters. The van der Waals surface area contributed by atoms with Crippen LogP contribution in [0.15, 0.2) is 24.3 Å². The lowest BCUT2D eigenvalue weighted by atomic mass is 9.91. The normalized spacial score (nSPS) is 26.3. The number of carbonyl (C=O) groups excluding carboxylic acids is 1. The van der Waals surface area contributed by atoms with E-state index in [2.05, 4.69) is 5.32 Å². The summed E-state index contributed by atoms with van der Waals surface area (Å²) in [5.74, 6) is 0.486. The van der Waals surface area contributed by atoms with Gasteiger partial charge in [-0.25, -0.2) is 0 Å². The topological polar surface area (TPSA) is 64.4 Å². The molecule has 1 saturated heterocycles. The zero-order valence-electron chi connectivity index (χ0n) is 13.3. The van der Waals surface area contributed by atoms with E-state index in [4.69, 9.17) is 22.1 Å². The maximum atomic E-state index is 12.6. The van der Waals surface area contributed by atoms with Gasteiger partial charge in [-0.05, 0) is 49.3 Å². The minimum absolute atomic E-state index is 0.00667. The molecule has 5 heteroatoms. The molecule has 126 valence electrons. The van der Waals surface area contributed by atoms with Gasteiger partial charge in [-0.15, -0.1) is 0 Å². The Labute approximate surface area is 142 Å². The molecule has 0 spiro atoms. The standard InChI is InChI=1S/C18H25ClN2O2/c19-14-7-5-13(6-8-14)17(12-3-1-2-4-12)21-18(22)16-10-9-15(11-20)23-16/h5-8,12,15-17H,1-4,9-11,20H2,(H,21,22)/t15-,16+,17?/m1/s1. The Morgan fingerprint density at radius 2 is 1.91 bits per heavy atom. The van der Waals surface area contributed by atoms with Gasteiger partial charge in [0.05, 0.1) is 12.1 Å². The van der Waals surface area contributed by atoms with Crippen molar-refractivity contribution in [1.29, 1.82) is 0 Å². The number of amides is 1. The van der Waals surface area contributed by atoms with E-state index in [-0.39, 0.29) is 24.2 Å². The van der Waals surface area contributed by atoms with Crippen LogP contribution in [0.1, 0.15) is 50.1 Å². The average Bonchev–Trinajstić information content (AvgIpc) is 3.25. The molecule has 1 aromatic rings. The molecule has 4 nitrogen and oxygen atoms in total. The molecule has 2 aliphatic rings. The summed E-state index contributed by atoms with van der Waals surface area (Å²) in [5.41, 5.74) is 6.76. The number of nitrogens with two attached hydrogens (primary N) is 1. The van der Waals surface area contributed by atoms with Crippen LogP contribution in [0, 0.1) is 5.92 Å². The summed E-state index contributed by atoms with van der Waals surface area (Å²) in [6.45, 7) is 0.479. The highest BCUT2D eigenvalue weighted by atomic mass is 35.5. The maximum Gasteiger partial charge on any atom is 0.249 e. The molecule has 1 aliphatic carbocycles. The number of hydrogen-bond acceptors (Lipinski definition) is 3. The lowest BCUT2D eigenvalue weighted by Gasteiger charge is -2.26. The van der Waals surface area contributed by atoms with Crippen molar-refractivity contribution in [2.24, 2.45) is 11.7 Å². The van der Waals surface area contributed by atoms with E-state index in [9.17, 15) is 4.79 Å². The Hall–Kier alpha value is -1.10. The molecule has 1 heterocycles. The van der Waals surface area contributed by atoms with Crippen molar-refractivity contribution in [2.75, 3.05) is 6.54 Å². The molecule has 1 unspecified atom stereocenters. The first-order chi connectivity index (χ1) is 11.2. The average molecular weight is 337 g/mol. The summed E-state index contributed by atoms with van der Waals surface area (Å²) in [6, 6.07) is 7.86. The largest absolute Gasteiger partial charge is 0.364 e. The van der Waals surface area contributed by atoms with Crippen LogP contribution in [0.3, 0.4) is 0 Å². The fraction of sp³-hybridized carbons (Fsp3) is 0.611. The molecular formula is C18H25ClN2O2. The van der Waals surface area contributed by atoms with Crippen molar-refractivity contribution in [1.82, 2.24) is 5.32 Å². The van der Waals surface area contributed by atoms with E-state index in [0.29, 0.717) is 12.5 Å². The van der Waals surface area contributed by atoms with Crippen LogP contribution in [-0.4, -0.2) is 24.7 Å². The van der Waals surface area contributed by atoms with Crippen LogP contribution >= 0.6 is 11.6 Å². The van der Waals surface area contributed by atoms with Crippen molar-refractivity contribution in [3.8, 4) is 0 Å². The summed E-state index contributed by atoms with van der Waals surface area (Å²) in [5, 5.41) is 3.95. The first-order valence-electron chi connectivity index (χ1n) is 8.58. The van der Waals surface area contributed by atoms with Crippen molar-refractivity contribution in [3.63, 3.8) is 0 Å². The van der Waals surface area contributed by atoms with Gasteiger partial charge in [0.25, 0.3) is 0 Å². The fourth-order valence-electron chi connectivity index (χ4n) is 3.75. The van der Waals surface area contributed by atoms with Crippen molar-refractivity contribution in [3.05, 3.63) is 34.9 Å². The molecule has 3 rings (SSSR count). The van der Waals surface area contributed by atoms with Gasteiger partial charge in [-0.1, -0.05) is 36.6 Å². The Balaban J connectivity index is 1.71. The smallest absolute Gasteiger partial charge is 0.249 e. The molecule has 1 amide bonds. The Kier molecular flexibility index (Phi) is 5.57. The Morgan fingerprint density at radius 3 is 2.52 bits per heavy atom. The highest BCUT2D eigenvalue weighted by molar-refractivity contribution is 6.30. The number of nitrogens with one attached hydrogen (secondary N) is 1. The van der Waals surface area contributed by atoms with Crippen LogP contribution in [0.2, 0.25) is 5.02 Å². The second-order valence-electron chi connectivity index (χ2n) is 6.64. The van der Waals surface area contributed by atoms with E-state index >= 15 is 0 Å². The van der Waals surface area contributed by atoms with E-state index in [1.54, 1.807) is 0 Å². The van der Waals surface area contributed by atoms with Gasteiger partial charge >= 0.3 is 0 Å². The molecule has 0 radical (unpaired) electrons. The van der Waals surface area contributed by atoms with Crippen LogP contribution in [-0.2, 0) is 9.53 Å². The van der Waals surface area contributed by atoms with Gasteiger partial charge in [-0.3, -0.25) is 4.79 Å². The quantitative estimate of drug-likeness (QED) is 0.867. The predicted octanol–water partition coefficient (Wildman–Crippen LogP) is 3.19. The van der Waals surface area contributed by atoms with Gasteiger partial charge in [-0.2, -0.15) is 0 Å². The van der Waals surface area contributed by atoms with Gasteiger partial charge in [0.2, 0.25) is 5.91 Å². The number of halogens is 1. The third kappa shape index (κ3) is 4.06. The summed E-state index contributed by atoms with van der Waals surface area (Å²) >= 11 is 6.00. The molecule has 2 fully saturated rings. The predicted molar refractivity (Wildman–Crippen MR) is 91.2 cm³/mol. The van der Waals surface area contributed by atoms with Gasteiger partial charge in [0.15, 0.2) is 0 Å². The molecule has 23 heavy (non-hydrogen) atoms. The zero-order chi connectivity index (χ0) is 16.2. The number of hydrogen-bond donors (Lipinski definition) is 2. The number of benzene rings is 1. The van der Waals surface area contributed by atoms with Crippen LogP contribution < -0.4 is 11.1 Å². The van der Waals surface area contributed by atoms with Crippen LogP contribution in [0.5, 0.6) is 0 Å². The second-order valence-corrected chi connectivity index (χ2v) is 7.08.